The Hall–Kier alpha value is -3.18. The van der Waals surface area contributed by atoms with Crippen LogP contribution in [-0.4, -0.2) is 18.7 Å². The second kappa shape index (κ2) is 9.22. The molecule has 34 heavy (non-hydrogen) atoms. The van der Waals surface area contributed by atoms with Crippen LogP contribution < -0.4 is 11.1 Å². The highest BCUT2D eigenvalue weighted by molar-refractivity contribution is 7.58. The molecule has 4 aromatic rings. The number of carbonyl (C=O) groups excluding carboxylic acids is 1. The minimum absolute atomic E-state index is 0.220. The van der Waals surface area contributed by atoms with E-state index < -0.39 is 7.37 Å². The minimum atomic E-state index is -2.58. The van der Waals surface area contributed by atoms with Gasteiger partial charge in [0.05, 0.1) is 6.10 Å². The molecule has 0 saturated carbocycles. The SMILES string of the molecule is CP1(=O)CCC(c2ccc(C(=O)Nc3ccccc3)c(-c3cc(-c4cccs4)ccc3N)c2)O1. The van der Waals surface area contributed by atoms with Crippen LogP contribution in [0.3, 0.4) is 0 Å². The van der Waals surface area contributed by atoms with Gasteiger partial charge in [-0.25, -0.2) is 0 Å². The summed E-state index contributed by atoms with van der Waals surface area (Å²) in [4.78, 5) is 14.5. The van der Waals surface area contributed by atoms with E-state index >= 15 is 0 Å². The number of carbonyl (C=O) groups is 1. The average Bonchev–Trinajstić information content (AvgIpc) is 3.49. The summed E-state index contributed by atoms with van der Waals surface area (Å²) in [5.41, 5.74) is 11.7. The van der Waals surface area contributed by atoms with Gasteiger partial charge in [-0.15, -0.1) is 11.3 Å². The minimum Gasteiger partial charge on any atom is -0.398 e. The zero-order valence-corrected chi connectivity index (χ0v) is 20.4. The monoisotopic (exact) mass is 488 g/mol. The van der Waals surface area contributed by atoms with Crippen LogP contribution in [0.2, 0.25) is 0 Å². The summed E-state index contributed by atoms with van der Waals surface area (Å²) in [5, 5.41) is 5.01. The summed E-state index contributed by atoms with van der Waals surface area (Å²) in [6.07, 6.45) is 0.981. The summed E-state index contributed by atoms with van der Waals surface area (Å²) >= 11 is 1.65. The van der Waals surface area contributed by atoms with Crippen molar-refractivity contribution < 1.29 is 13.9 Å². The lowest BCUT2D eigenvalue weighted by atomic mass is 9.92. The van der Waals surface area contributed by atoms with E-state index in [1.165, 1.54) is 0 Å². The maximum absolute atomic E-state index is 13.3. The molecule has 1 aromatic heterocycles. The van der Waals surface area contributed by atoms with Crippen LogP contribution in [-0.2, 0) is 9.09 Å². The number of nitrogens with two attached hydrogens (primary N) is 1. The van der Waals surface area contributed by atoms with Crippen molar-refractivity contribution in [3.63, 3.8) is 0 Å². The molecule has 3 N–H and O–H groups in total. The molecule has 1 amide bonds. The fraction of sp³-hybridized carbons (Fsp3) is 0.148. The maximum atomic E-state index is 13.3. The molecule has 5 rings (SSSR count). The van der Waals surface area contributed by atoms with Gasteiger partial charge in [-0.2, -0.15) is 0 Å². The number of nitrogens with one attached hydrogen (secondary N) is 1. The van der Waals surface area contributed by atoms with Gasteiger partial charge in [-0.1, -0.05) is 36.4 Å². The van der Waals surface area contributed by atoms with Gasteiger partial charge in [0, 0.05) is 40.2 Å². The summed E-state index contributed by atoms with van der Waals surface area (Å²) in [6.45, 7) is 1.68. The first-order valence-corrected chi connectivity index (χ1v) is 14.2. The third kappa shape index (κ3) is 4.71. The van der Waals surface area contributed by atoms with E-state index in [4.69, 9.17) is 10.3 Å². The molecule has 3 aromatic carbocycles. The van der Waals surface area contributed by atoms with Gasteiger partial charge in [0.15, 0.2) is 0 Å². The second-order valence-electron chi connectivity index (χ2n) is 8.52. The predicted octanol–water partition coefficient (Wildman–Crippen LogP) is 7.29. The molecule has 7 heteroatoms. The van der Waals surface area contributed by atoms with Gasteiger partial charge >= 0.3 is 0 Å². The van der Waals surface area contributed by atoms with Gasteiger partial charge in [-0.05, 0) is 71.0 Å². The third-order valence-electron chi connectivity index (χ3n) is 5.99. The van der Waals surface area contributed by atoms with Crippen LogP contribution >= 0.6 is 18.7 Å². The van der Waals surface area contributed by atoms with Crippen molar-refractivity contribution in [3.8, 4) is 21.6 Å². The lowest BCUT2D eigenvalue weighted by Crippen LogP contribution is -2.14. The number of nitrogen functional groups attached to an aromatic ring is 1. The molecule has 0 spiro atoms. The first kappa shape index (κ1) is 22.6. The van der Waals surface area contributed by atoms with Crippen LogP contribution in [0.5, 0.6) is 0 Å². The van der Waals surface area contributed by atoms with Crippen LogP contribution in [0.15, 0.2) is 84.2 Å². The average molecular weight is 489 g/mol. The molecule has 1 aliphatic heterocycles. The Bertz CT molecular complexity index is 1390. The first-order valence-electron chi connectivity index (χ1n) is 11.1. The Morgan fingerprint density at radius 1 is 1.03 bits per heavy atom. The van der Waals surface area contributed by atoms with E-state index in [1.807, 2.05) is 78.2 Å². The maximum Gasteiger partial charge on any atom is 0.256 e. The second-order valence-corrected chi connectivity index (χ2v) is 12.2. The Morgan fingerprint density at radius 2 is 1.85 bits per heavy atom. The highest BCUT2D eigenvalue weighted by Gasteiger charge is 2.32. The number of para-hydroxylation sites is 1. The highest BCUT2D eigenvalue weighted by Crippen LogP contribution is 2.56. The standard InChI is InChI=1S/C27H25N2O3PS/c1-33(31)14-13-25(32-33)18-9-11-21(27(30)29-20-6-3-2-4-7-20)22(16-18)23-17-19(10-12-24(23)28)26-8-5-15-34-26/h2-12,15-17,25H,13-14,28H2,1H3,(H,29,30). The fourth-order valence-electron chi connectivity index (χ4n) is 4.24. The molecular weight excluding hydrogens is 463 g/mol. The lowest BCUT2D eigenvalue weighted by molar-refractivity contribution is 0.102. The van der Waals surface area contributed by atoms with E-state index in [1.54, 1.807) is 18.0 Å². The van der Waals surface area contributed by atoms with E-state index in [0.29, 0.717) is 29.5 Å². The third-order valence-corrected chi connectivity index (χ3v) is 8.68. The van der Waals surface area contributed by atoms with E-state index in [-0.39, 0.29) is 12.0 Å². The van der Waals surface area contributed by atoms with E-state index in [0.717, 1.165) is 27.1 Å². The van der Waals surface area contributed by atoms with Crippen molar-refractivity contribution in [1.29, 1.82) is 0 Å². The van der Waals surface area contributed by atoms with Crippen LogP contribution in [0.1, 0.15) is 28.4 Å². The Morgan fingerprint density at radius 3 is 2.56 bits per heavy atom. The quantitative estimate of drug-likeness (QED) is 0.228. The molecule has 172 valence electrons. The van der Waals surface area contributed by atoms with Gasteiger partial charge in [0.2, 0.25) is 7.37 Å². The predicted molar refractivity (Wildman–Crippen MR) is 141 cm³/mol. The fourth-order valence-corrected chi connectivity index (χ4v) is 6.54. The number of hydrogen-bond donors (Lipinski definition) is 2. The Labute approximate surface area is 203 Å². The molecule has 0 bridgehead atoms. The first-order chi connectivity index (χ1) is 16.4. The summed E-state index contributed by atoms with van der Waals surface area (Å²) in [6, 6.07) is 25.0. The molecule has 5 nitrogen and oxygen atoms in total. The largest absolute Gasteiger partial charge is 0.398 e. The summed E-state index contributed by atoms with van der Waals surface area (Å²) in [5.74, 6) is -0.220. The number of hydrogen-bond acceptors (Lipinski definition) is 5. The number of benzene rings is 3. The molecule has 0 radical (unpaired) electrons. The van der Waals surface area contributed by atoms with E-state index in [2.05, 4.69) is 11.4 Å². The number of amides is 1. The van der Waals surface area contributed by atoms with Gasteiger partial charge < -0.3 is 15.6 Å². The molecule has 1 fully saturated rings. The Kier molecular flexibility index (Phi) is 6.13. The van der Waals surface area contributed by atoms with Crippen molar-refractivity contribution in [2.24, 2.45) is 0 Å². The summed E-state index contributed by atoms with van der Waals surface area (Å²) < 4.78 is 18.3. The van der Waals surface area contributed by atoms with Crippen molar-refractivity contribution in [3.05, 3.63) is 95.4 Å². The topological polar surface area (TPSA) is 81.4 Å². The lowest BCUT2D eigenvalue weighted by Gasteiger charge is -2.17. The normalized spacial score (nSPS) is 19.7. The molecule has 2 unspecified atom stereocenters. The molecule has 0 aliphatic carbocycles. The number of rotatable bonds is 5. The van der Waals surface area contributed by atoms with E-state index in [9.17, 15) is 9.36 Å². The van der Waals surface area contributed by atoms with Gasteiger partial charge in [-0.3, -0.25) is 9.36 Å². The van der Waals surface area contributed by atoms with Gasteiger partial charge in [0.25, 0.3) is 5.91 Å². The van der Waals surface area contributed by atoms with Crippen molar-refractivity contribution in [2.45, 2.75) is 12.5 Å². The van der Waals surface area contributed by atoms with Crippen LogP contribution in [0.25, 0.3) is 21.6 Å². The zero-order valence-electron chi connectivity index (χ0n) is 18.7. The molecular formula is C27H25N2O3PS. The van der Waals surface area contributed by atoms with Crippen molar-refractivity contribution >= 4 is 36.0 Å². The number of thiophene rings is 1. The Balaban J connectivity index is 1.61. The number of anilines is 2. The van der Waals surface area contributed by atoms with Crippen molar-refractivity contribution in [2.75, 3.05) is 23.9 Å². The molecule has 1 aliphatic rings. The van der Waals surface area contributed by atoms with Gasteiger partial charge in [0.1, 0.15) is 0 Å². The van der Waals surface area contributed by atoms with Crippen molar-refractivity contribution in [1.82, 2.24) is 0 Å². The molecule has 1 saturated heterocycles. The van der Waals surface area contributed by atoms with Crippen LogP contribution in [0, 0.1) is 0 Å². The zero-order chi connectivity index (χ0) is 23.7. The molecule has 2 heterocycles. The molecule has 2 atom stereocenters. The highest BCUT2D eigenvalue weighted by atomic mass is 32.1. The van der Waals surface area contributed by atoms with Crippen LogP contribution in [0.4, 0.5) is 11.4 Å². The smallest absolute Gasteiger partial charge is 0.256 e. The summed E-state index contributed by atoms with van der Waals surface area (Å²) in [7, 11) is -2.58.